The van der Waals surface area contributed by atoms with Crippen LogP contribution in [0, 0.1) is 11.8 Å². The van der Waals surface area contributed by atoms with Crippen molar-refractivity contribution in [2.75, 3.05) is 20.6 Å². The Balaban J connectivity index is 2.10. The lowest BCUT2D eigenvalue weighted by molar-refractivity contribution is -0.146. The molecular weight excluding hydrogens is 270 g/mol. The zero-order chi connectivity index (χ0) is 15.6. The fourth-order valence-electron chi connectivity index (χ4n) is 3.30. The van der Waals surface area contributed by atoms with Crippen molar-refractivity contribution in [3.8, 4) is 0 Å². The number of carbonyl (C=O) groups is 3. The predicted octanol–water partition coefficient (Wildman–Crippen LogP) is 1.21. The Morgan fingerprint density at radius 1 is 1.24 bits per heavy atom. The molecule has 0 aromatic heterocycles. The molecule has 1 N–H and O–H groups in total. The molecule has 2 rings (SSSR count). The van der Waals surface area contributed by atoms with Gasteiger partial charge in [-0.25, -0.2) is 4.79 Å². The van der Waals surface area contributed by atoms with Crippen molar-refractivity contribution in [1.82, 2.24) is 15.1 Å². The van der Waals surface area contributed by atoms with Gasteiger partial charge < -0.3 is 4.90 Å². The molecule has 1 saturated heterocycles. The summed E-state index contributed by atoms with van der Waals surface area (Å²) in [6.07, 6.45) is 4.63. The van der Waals surface area contributed by atoms with E-state index in [1.807, 2.05) is 25.9 Å². The molecule has 2 fully saturated rings. The van der Waals surface area contributed by atoms with E-state index < -0.39 is 17.9 Å². The number of hydrogen-bond acceptors (Lipinski definition) is 4. The molecule has 21 heavy (non-hydrogen) atoms. The van der Waals surface area contributed by atoms with Crippen LogP contribution in [0.4, 0.5) is 4.79 Å². The Labute approximate surface area is 125 Å². The maximum absolute atomic E-state index is 12.7. The third-order valence-corrected chi connectivity index (χ3v) is 4.54. The van der Waals surface area contributed by atoms with Crippen LogP contribution in [0.3, 0.4) is 0 Å². The summed E-state index contributed by atoms with van der Waals surface area (Å²) in [5, 5.41) is 2.37. The maximum Gasteiger partial charge on any atom is 0.331 e. The van der Waals surface area contributed by atoms with Crippen molar-refractivity contribution < 1.29 is 14.4 Å². The second-order valence-corrected chi connectivity index (χ2v) is 6.47. The van der Waals surface area contributed by atoms with E-state index in [2.05, 4.69) is 5.32 Å². The molecule has 118 valence electrons. The first kappa shape index (κ1) is 15.9. The average molecular weight is 295 g/mol. The van der Waals surface area contributed by atoms with Crippen molar-refractivity contribution in [1.29, 1.82) is 0 Å². The van der Waals surface area contributed by atoms with Crippen LogP contribution in [-0.4, -0.2) is 54.3 Å². The number of amides is 4. The average Bonchev–Trinajstić information content (AvgIpc) is 2.89. The number of imide groups is 2. The highest BCUT2D eigenvalue weighted by atomic mass is 16.2. The smallest absolute Gasteiger partial charge is 0.309 e. The summed E-state index contributed by atoms with van der Waals surface area (Å²) in [4.78, 5) is 40.0. The molecule has 2 aliphatic rings. The van der Waals surface area contributed by atoms with Gasteiger partial charge >= 0.3 is 6.03 Å². The highest BCUT2D eigenvalue weighted by Gasteiger charge is 2.46. The highest BCUT2D eigenvalue weighted by molar-refractivity contribution is 6.16. The minimum atomic E-state index is -0.674. The van der Waals surface area contributed by atoms with Gasteiger partial charge in [0.25, 0.3) is 0 Å². The third-order valence-electron chi connectivity index (χ3n) is 4.54. The van der Waals surface area contributed by atoms with Crippen molar-refractivity contribution in [2.45, 2.75) is 45.1 Å². The quantitative estimate of drug-likeness (QED) is 0.774. The van der Waals surface area contributed by atoms with Gasteiger partial charge in [0.05, 0.1) is 0 Å². The number of rotatable bonds is 5. The van der Waals surface area contributed by atoms with Gasteiger partial charge in [0.15, 0.2) is 0 Å². The Morgan fingerprint density at radius 3 is 2.43 bits per heavy atom. The summed E-state index contributed by atoms with van der Waals surface area (Å²) >= 11 is 0. The van der Waals surface area contributed by atoms with E-state index in [1.54, 1.807) is 0 Å². The van der Waals surface area contributed by atoms with E-state index in [4.69, 9.17) is 0 Å². The zero-order valence-corrected chi connectivity index (χ0v) is 13.1. The van der Waals surface area contributed by atoms with Gasteiger partial charge in [0.2, 0.25) is 11.8 Å². The molecular formula is C15H25N3O3. The first-order chi connectivity index (χ1) is 9.91. The molecule has 1 heterocycles. The summed E-state index contributed by atoms with van der Waals surface area (Å²) in [6, 6.07) is -0.762. The number of hydrogen-bond donors (Lipinski definition) is 1. The number of nitrogens with zero attached hydrogens (tertiary/aromatic N) is 2. The second-order valence-electron chi connectivity index (χ2n) is 6.47. The van der Waals surface area contributed by atoms with Gasteiger partial charge in [-0.3, -0.25) is 19.8 Å². The number of nitrogens with one attached hydrogen (secondary N) is 1. The van der Waals surface area contributed by atoms with Gasteiger partial charge in [0, 0.05) is 6.04 Å². The van der Waals surface area contributed by atoms with Gasteiger partial charge in [-0.05, 0) is 52.7 Å². The van der Waals surface area contributed by atoms with Crippen molar-refractivity contribution in [3.63, 3.8) is 0 Å². The van der Waals surface area contributed by atoms with Crippen LogP contribution in [0.25, 0.3) is 0 Å². The summed E-state index contributed by atoms with van der Waals surface area (Å²) in [5.74, 6) is -1.30. The summed E-state index contributed by atoms with van der Waals surface area (Å²) in [7, 11) is 3.91. The Morgan fingerprint density at radius 2 is 1.86 bits per heavy atom. The van der Waals surface area contributed by atoms with E-state index in [1.165, 1.54) is 4.90 Å². The molecule has 1 saturated carbocycles. The Hall–Kier alpha value is -1.43. The van der Waals surface area contributed by atoms with Crippen LogP contribution < -0.4 is 5.32 Å². The molecule has 6 heteroatoms. The molecule has 1 aliphatic heterocycles. The van der Waals surface area contributed by atoms with Gasteiger partial charge in [-0.15, -0.1) is 0 Å². The van der Waals surface area contributed by atoms with Crippen LogP contribution in [-0.2, 0) is 9.59 Å². The standard InChI is InChI=1S/C15H25N3O3/c1-10(8-9-17(2)3)18-14(20)12(11-6-4-5-7-11)13(19)16-15(18)21/h10-12H,4-9H2,1-3H3,(H,16,19,21). The number of urea groups is 1. The van der Waals surface area contributed by atoms with Gasteiger partial charge in [0.1, 0.15) is 5.92 Å². The van der Waals surface area contributed by atoms with Crippen LogP contribution in [0.2, 0.25) is 0 Å². The molecule has 2 atom stereocenters. The van der Waals surface area contributed by atoms with Gasteiger partial charge in [-0.2, -0.15) is 0 Å². The first-order valence-corrected chi connectivity index (χ1v) is 7.74. The van der Waals surface area contributed by atoms with E-state index in [0.29, 0.717) is 6.42 Å². The van der Waals surface area contributed by atoms with E-state index in [9.17, 15) is 14.4 Å². The summed E-state index contributed by atoms with van der Waals surface area (Å²) in [6.45, 7) is 2.66. The molecule has 1 aliphatic carbocycles. The molecule has 0 radical (unpaired) electrons. The van der Waals surface area contributed by atoms with Crippen LogP contribution in [0.15, 0.2) is 0 Å². The van der Waals surface area contributed by atoms with Crippen LogP contribution in [0.5, 0.6) is 0 Å². The van der Waals surface area contributed by atoms with Gasteiger partial charge in [-0.1, -0.05) is 12.8 Å². The van der Waals surface area contributed by atoms with Crippen molar-refractivity contribution >= 4 is 17.8 Å². The topological polar surface area (TPSA) is 69.7 Å². The predicted molar refractivity (Wildman–Crippen MR) is 78.5 cm³/mol. The third kappa shape index (κ3) is 3.43. The number of barbiturate groups is 1. The summed E-state index contributed by atoms with van der Waals surface area (Å²) in [5.41, 5.74) is 0. The van der Waals surface area contributed by atoms with Crippen LogP contribution in [0.1, 0.15) is 39.0 Å². The molecule has 2 unspecified atom stereocenters. The first-order valence-electron chi connectivity index (χ1n) is 7.74. The molecule has 4 amide bonds. The van der Waals surface area contributed by atoms with Crippen molar-refractivity contribution in [2.24, 2.45) is 11.8 Å². The lowest BCUT2D eigenvalue weighted by Gasteiger charge is -2.36. The largest absolute Gasteiger partial charge is 0.331 e. The molecule has 6 nitrogen and oxygen atoms in total. The van der Waals surface area contributed by atoms with E-state index in [-0.39, 0.29) is 17.9 Å². The maximum atomic E-state index is 12.7. The minimum absolute atomic E-state index is 0.0918. The van der Waals surface area contributed by atoms with E-state index >= 15 is 0 Å². The SMILES string of the molecule is CC(CCN(C)C)N1C(=O)NC(=O)C(C2CCCC2)C1=O. The minimum Gasteiger partial charge on any atom is -0.309 e. The normalized spacial score (nSPS) is 25.6. The molecule has 0 aromatic carbocycles. The Kier molecular flexibility index (Phi) is 4.98. The van der Waals surface area contributed by atoms with Crippen LogP contribution >= 0.6 is 0 Å². The van der Waals surface area contributed by atoms with E-state index in [0.717, 1.165) is 32.2 Å². The molecule has 0 spiro atoms. The lowest BCUT2D eigenvalue weighted by atomic mass is 9.87. The highest BCUT2D eigenvalue weighted by Crippen LogP contribution is 2.34. The molecule has 0 bridgehead atoms. The fourth-order valence-corrected chi connectivity index (χ4v) is 3.30. The summed E-state index contributed by atoms with van der Waals surface area (Å²) < 4.78 is 0. The second kappa shape index (κ2) is 6.56. The molecule has 0 aromatic rings. The Bertz CT molecular complexity index is 430. The van der Waals surface area contributed by atoms with Crippen molar-refractivity contribution in [3.05, 3.63) is 0 Å². The number of carbonyl (C=O) groups excluding carboxylic acids is 3. The zero-order valence-electron chi connectivity index (χ0n) is 13.1. The lowest BCUT2D eigenvalue weighted by Crippen LogP contribution is -2.61. The fraction of sp³-hybridized carbons (Fsp3) is 0.800. The monoisotopic (exact) mass is 295 g/mol.